The fourth-order valence-electron chi connectivity index (χ4n) is 0. The predicted molar refractivity (Wildman–Crippen MR) is 24.6 cm³/mol. The van der Waals surface area contributed by atoms with Crippen molar-refractivity contribution in [3.8, 4) is 0 Å². The normalized spacial score (nSPS) is 0. The van der Waals surface area contributed by atoms with Gasteiger partial charge in [-0.1, -0.05) is 0 Å². The van der Waals surface area contributed by atoms with E-state index in [9.17, 15) is 0 Å². The van der Waals surface area contributed by atoms with E-state index in [-0.39, 0.29) is 106 Å². The molecule has 0 aliphatic carbocycles. The zero-order chi connectivity index (χ0) is 0. The molecule has 0 aromatic rings. The van der Waals surface area contributed by atoms with Gasteiger partial charge >= 0.3 is 75.5 Å². The van der Waals surface area contributed by atoms with E-state index in [1.54, 1.807) is 0 Å². The van der Waals surface area contributed by atoms with Gasteiger partial charge in [0.1, 0.15) is 0 Å². The zero-order valence-corrected chi connectivity index (χ0v) is 9.18. The third kappa shape index (κ3) is 9.04. The van der Waals surface area contributed by atoms with Crippen molar-refractivity contribution in [2.24, 2.45) is 0 Å². The van der Waals surface area contributed by atoms with Crippen LogP contribution >= 0.6 is 0 Å². The molecule has 16 valence electrons. The van der Waals surface area contributed by atoms with Gasteiger partial charge < -0.3 is 30.6 Å². The van der Waals surface area contributed by atoms with Gasteiger partial charge in [0.05, 0.1) is 0 Å². The molecule has 0 unspecified atom stereocenters. The van der Waals surface area contributed by atoms with E-state index >= 15 is 0 Å². The first-order valence-electron chi connectivity index (χ1n) is 0. The predicted octanol–water partition coefficient (Wildman–Crippen LogP) is -1.14. The van der Waals surface area contributed by atoms with Crippen LogP contribution in [-0.2, 0) is 13.5 Å². The molecular formula is Ca2SSe. The smallest absolute Gasteiger partial charge is 2.00 e. The van der Waals surface area contributed by atoms with E-state index in [2.05, 4.69) is 0 Å². The summed E-state index contributed by atoms with van der Waals surface area (Å²) >= 11 is 0. The quantitative estimate of drug-likeness (QED) is 0.424. The molecule has 0 amide bonds. The Morgan fingerprint density at radius 3 is 0.750 bits per heavy atom. The van der Waals surface area contributed by atoms with Crippen LogP contribution in [0, 0.1) is 0 Å². The molecule has 0 saturated heterocycles. The second-order valence-electron chi connectivity index (χ2n) is 0. The fraction of sp³-hybridized carbons (Fsp3) is 0. The van der Waals surface area contributed by atoms with Gasteiger partial charge in [-0.3, -0.25) is 0 Å². The average molecular weight is 191 g/mol. The largest absolute Gasteiger partial charge is 2.00 e. The van der Waals surface area contributed by atoms with Crippen molar-refractivity contribution in [1.29, 1.82) is 0 Å². The monoisotopic (exact) mass is 192 g/mol. The van der Waals surface area contributed by atoms with Gasteiger partial charge in [0, 0.05) is 0 Å². The summed E-state index contributed by atoms with van der Waals surface area (Å²) in [5.74, 6) is 0. The van der Waals surface area contributed by atoms with Gasteiger partial charge in [-0.2, -0.15) is 0 Å². The van der Waals surface area contributed by atoms with Crippen molar-refractivity contribution >= 4 is 106 Å². The van der Waals surface area contributed by atoms with Crippen molar-refractivity contribution in [2.75, 3.05) is 0 Å². The van der Waals surface area contributed by atoms with Gasteiger partial charge in [0.25, 0.3) is 0 Å². The van der Waals surface area contributed by atoms with Crippen LogP contribution in [0.1, 0.15) is 0 Å². The Kier molecular flexibility index (Phi) is 106. The maximum absolute atomic E-state index is 0. The molecule has 0 fully saturated rings. The minimum Gasteiger partial charge on any atom is -2.00 e. The fourth-order valence-corrected chi connectivity index (χ4v) is 0. The molecule has 0 aliphatic rings. The zero-order valence-electron chi connectivity index (χ0n) is 2.23. The van der Waals surface area contributed by atoms with Crippen molar-refractivity contribution in [2.45, 2.75) is 0 Å². The standard InChI is InChI=1S/2Ca.S.Se/q2*+2;2*-2. The third-order valence-corrected chi connectivity index (χ3v) is 0. The summed E-state index contributed by atoms with van der Waals surface area (Å²) in [7, 11) is 0. The second-order valence-corrected chi connectivity index (χ2v) is 0. The Morgan fingerprint density at radius 1 is 0.750 bits per heavy atom. The Bertz CT molecular complexity index is 6.00. The Hall–Kier alpha value is 3.39. The number of rotatable bonds is 0. The molecule has 0 rings (SSSR count). The maximum atomic E-state index is 0. The summed E-state index contributed by atoms with van der Waals surface area (Å²) in [5.41, 5.74) is 0. The van der Waals surface area contributed by atoms with Gasteiger partial charge in [-0.05, 0) is 0 Å². The first kappa shape index (κ1) is 26.3. The number of hydrogen-bond acceptors (Lipinski definition) is 0. The van der Waals surface area contributed by atoms with E-state index in [0.717, 1.165) is 0 Å². The Labute approximate surface area is 103 Å². The molecule has 4 heavy (non-hydrogen) atoms. The molecule has 4 heteroatoms. The second kappa shape index (κ2) is 16.2. The summed E-state index contributed by atoms with van der Waals surface area (Å²) in [6, 6.07) is 0. The van der Waals surface area contributed by atoms with Crippen LogP contribution in [0.2, 0.25) is 0 Å². The Morgan fingerprint density at radius 2 is 0.750 bits per heavy atom. The molecule has 0 aromatic heterocycles. The maximum Gasteiger partial charge on any atom is 2.00 e. The molecule has 0 N–H and O–H groups in total. The van der Waals surface area contributed by atoms with E-state index in [1.807, 2.05) is 0 Å². The summed E-state index contributed by atoms with van der Waals surface area (Å²) in [5, 5.41) is 0. The van der Waals surface area contributed by atoms with Crippen molar-refractivity contribution < 1.29 is 0 Å². The summed E-state index contributed by atoms with van der Waals surface area (Å²) in [6.45, 7) is 0. The third-order valence-electron chi connectivity index (χ3n) is 0. The summed E-state index contributed by atoms with van der Waals surface area (Å²) in [6.07, 6.45) is 0. The van der Waals surface area contributed by atoms with Crippen LogP contribution in [0.5, 0.6) is 0 Å². The van der Waals surface area contributed by atoms with Crippen molar-refractivity contribution in [3.05, 3.63) is 0 Å². The van der Waals surface area contributed by atoms with E-state index in [4.69, 9.17) is 0 Å². The van der Waals surface area contributed by atoms with Gasteiger partial charge in [-0.15, -0.1) is 0 Å². The number of hydrogen-bond donors (Lipinski definition) is 0. The van der Waals surface area contributed by atoms with Crippen LogP contribution in [0.15, 0.2) is 0 Å². The Balaban J connectivity index is 0. The molecule has 0 bridgehead atoms. The molecule has 0 saturated carbocycles. The van der Waals surface area contributed by atoms with Crippen LogP contribution < -0.4 is 0 Å². The van der Waals surface area contributed by atoms with Crippen molar-refractivity contribution in [3.63, 3.8) is 0 Å². The van der Waals surface area contributed by atoms with Gasteiger partial charge in [-0.25, -0.2) is 0 Å². The van der Waals surface area contributed by atoms with Crippen LogP contribution in [0.3, 0.4) is 0 Å². The van der Waals surface area contributed by atoms with Crippen LogP contribution in [-0.4, -0.2) is 92.5 Å². The average Bonchev–Trinajstić information content (AvgIpc) is 0. The summed E-state index contributed by atoms with van der Waals surface area (Å²) in [4.78, 5) is 0. The molecule has 0 spiro atoms. The van der Waals surface area contributed by atoms with E-state index in [1.165, 1.54) is 0 Å². The van der Waals surface area contributed by atoms with Gasteiger partial charge in [0.15, 0.2) is 0 Å². The first-order chi connectivity index (χ1) is 0. The van der Waals surface area contributed by atoms with Crippen LogP contribution in [0.4, 0.5) is 0 Å². The molecular weight excluding hydrogens is 191 g/mol. The molecule has 0 heterocycles. The van der Waals surface area contributed by atoms with Crippen LogP contribution in [0.25, 0.3) is 0 Å². The minimum absolute atomic E-state index is 0. The molecule has 0 aromatic carbocycles. The first-order valence-corrected chi connectivity index (χ1v) is 0. The SMILES string of the molecule is [Ca+2].[Ca+2].[S-2].[Se-2]. The topological polar surface area (TPSA) is 0 Å². The molecule has 0 aliphatic heterocycles. The molecule has 0 atom stereocenters. The van der Waals surface area contributed by atoms with E-state index < -0.39 is 0 Å². The molecule has 0 radical (unpaired) electrons. The molecule has 0 nitrogen and oxygen atoms in total. The minimum atomic E-state index is 0. The van der Waals surface area contributed by atoms with Gasteiger partial charge in [0.2, 0.25) is 0 Å². The van der Waals surface area contributed by atoms with E-state index in [0.29, 0.717) is 0 Å². The summed E-state index contributed by atoms with van der Waals surface area (Å²) < 4.78 is 0. The van der Waals surface area contributed by atoms with Crippen molar-refractivity contribution in [1.82, 2.24) is 0 Å².